The molecule has 114 valence electrons. The van der Waals surface area contributed by atoms with Gasteiger partial charge in [-0.25, -0.2) is 8.42 Å². The van der Waals surface area contributed by atoms with E-state index in [9.17, 15) is 13.5 Å². The van der Waals surface area contributed by atoms with E-state index in [4.69, 9.17) is 11.6 Å². The van der Waals surface area contributed by atoms with Gasteiger partial charge in [-0.2, -0.15) is 5.10 Å². The van der Waals surface area contributed by atoms with E-state index in [1.54, 1.807) is 18.5 Å². The van der Waals surface area contributed by atoms with Crippen LogP contribution in [0.4, 0.5) is 5.69 Å². The molecule has 0 fully saturated rings. The van der Waals surface area contributed by atoms with Gasteiger partial charge in [-0.3, -0.25) is 9.40 Å². The lowest BCUT2D eigenvalue weighted by molar-refractivity contribution is 0.477. The molecule has 1 aromatic heterocycles. The molecule has 0 aliphatic carbocycles. The molecule has 0 saturated heterocycles. The maximum atomic E-state index is 12.5. The average molecular weight is 330 g/mol. The Hall–Kier alpha value is -1.73. The number of hydrogen-bond donors (Lipinski definition) is 2. The van der Waals surface area contributed by atoms with Crippen molar-refractivity contribution in [1.82, 2.24) is 9.78 Å². The summed E-state index contributed by atoms with van der Waals surface area (Å²) >= 11 is 5.93. The number of aromatic nitrogens is 2. The lowest BCUT2D eigenvalue weighted by Crippen LogP contribution is -2.15. The van der Waals surface area contributed by atoms with Crippen molar-refractivity contribution in [2.45, 2.75) is 32.2 Å². The fraction of sp³-hybridized carbons (Fsp3) is 0.308. The Kier molecular flexibility index (Phi) is 4.15. The fourth-order valence-corrected chi connectivity index (χ4v) is 3.96. The van der Waals surface area contributed by atoms with Crippen LogP contribution in [0.2, 0.25) is 5.02 Å². The number of sulfonamides is 1. The van der Waals surface area contributed by atoms with Gasteiger partial charge in [-0.15, -0.1) is 0 Å². The van der Waals surface area contributed by atoms with Crippen molar-refractivity contribution in [3.8, 4) is 5.75 Å². The molecule has 0 unspecified atom stereocenters. The summed E-state index contributed by atoms with van der Waals surface area (Å²) < 4.78 is 29.0. The van der Waals surface area contributed by atoms with E-state index in [-0.39, 0.29) is 21.4 Å². The first kappa shape index (κ1) is 15.7. The number of hydrogen-bond acceptors (Lipinski definition) is 4. The highest BCUT2D eigenvalue weighted by molar-refractivity contribution is 7.92. The first-order chi connectivity index (χ1) is 9.77. The molecule has 0 saturated carbocycles. The summed E-state index contributed by atoms with van der Waals surface area (Å²) in [6, 6.07) is 4.38. The van der Waals surface area contributed by atoms with Crippen molar-refractivity contribution in [3.63, 3.8) is 0 Å². The molecule has 0 aliphatic rings. The smallest absolute Gasteiger partial charge is 0.265 e. The largest absolute Gasteiger partial charge is 0.506 e. The molecule has 1 heterocycles. The van der Waals surface area contributed by atoms with Crippen LogP contribution in [0.15, 0.2) is 23.1 Å². The van der Waals surface area contributed by atoms with E-state index in [0.29, 0.717) is 17.9 Å². The zero-order chi connectivity index (χ0) is 15.8. The van der Waals surface area contributed by atoms with E-state index in [2.05, 4.69) is 9.82 Å². The molecule has 0 amide bonds. The van der Waals surface area contributed by atoms with Gasteiger partial charge in [-0.1, -0.05) is 17.7 Å². The van der Waals surface area contributed by atoms with Crippen molar-refractivity contribution in [2.75, 3.05) is 4.72 Å². The van der Waals surface area contributed by atoms with E-state index < -0.39 is 10.0 Å². The summed E-state index contributed by atoms with van der Waals surface area (Å²) in [5.74, 6) is -0.232. The lowest BCUT2D eigenvalue weighted by Gasteiger charge is -2.11. The van der Waals surface area contributed by atoms with Crippen LogP contribution in [-0.2, 0) is 16.6 Å². The fourth-order valence-electron chi connectivity index (χ4n) is 2.18. The molecule has 21 heavy (non-hydrogen) atoms. The van der Waals surface area contributed by atoms with E-state index in [0.717, 1.165) is 0 Å². The molecule has 8 heteroatoms. The number of rotatable bonds is 4. The standard InChI is InChI=1S/C13H16ClN3O3S/c1-4-17-9(3)13(8(2)15-17)21(19,20)16-12-10(14)6-5-7-11(12)18/h5-7,16,18H,4H2,1-3H3. The summed E-state index contributed by atoms with van der Waals surface area (Å²) in [5.41, 5.74) is 0.893. The van der Waals surface area contributed by atoms with Gasteiger partial charge in [0.1, 0.15) is 16.3 Å². The molecule has 1 aromatic carbocycles. The maximum absolute atomic E-state index is 12.5. The van der Waals surface area contributed by atoms with Crippen molar-refractivity contribution < 1.29 is 13.5 Å². The highest BCUT2D eigenvalue weighted by Crippen LogP contribution is 2.33. The molecular weight excluding hydrogens is 314 g/mol. The second kappa shape index (κ2) is 5.57. The Morgan fingerprint density at radius 1 is 1.38 bits per heavy atom. The van der Waals surface area contributed by atoms with Crippen LogP contribution in [0.1, 0.15) is 18.3 Å². The first-order valence-corrected chi connectivity index (χ1v) is 8.18. The Bertz CT molecular complexity index is 764. The third-order valence-corrected chi connectivity index (χ3v) is 5.03. The third-order valence-electron chi connectivity index (χ3n) is 3.11. The molecular formula is C13H16ClN3O3S. The van der Waals surface area contributed by atoms with Crippen molar-refractivity contribution in [3.05, 3.63) is 34.6 Å². The number of para-hydroxylation sites is 1. The van der Waals surface area contributed by atoms with Crippen LogP contribution in [0.3, 0.4) is 0 Å². The highest BCUT2D eigenvalue weighted by atomic mass is 35.5. The number of aryl methyl sites for hydroxylation is 2. The first-order valence-electron chi connectivity index (χ1n) is 6.32. The number of nitrogens with zero attached hydrogens (tertiary/aromatic N) is 2. The Morgan fingerprint density at radius 3 is 2.57 bits per heavy atom. The number of aromatic hydroxyl groups is 1. The molecule has 2 aromatic rings. The zero-order valence-electron chi connectivity index (χ0n) is 11.9. The second-order valence-electron chi connectivity index (χ2n) is 4.56. The zero-order valence-corrected chi connectivity index (χ0v) is 13.5. The molecule has 6 nitrogen and oxygen atoms in total. The van der Waals surface area contributed by atoms with Crippen LogP contribution in [0, 0.1) is 13.8 Å². The van der Waals surface area contributed by atoms with Crippen molar-refractivity contribution in [1.29, 1.82) is 0 Å². The van der Waals surface area contributed by atoms with Gasteiger partial charge in [0.2, 0.25) is 0 Å². The number of halogens is 1. The Balaban J connectivity index is 2.52. The van der Waals surface area contributed by atoms with Gasteiger partial charge in [-0.05, 0) is 32.9 Å². The van der Waals surface area contributed by atoms with Crippen molar-refractivity contribution >= 4 is 27.3 Å². The van der Waals surface area contributed by atoms with Gasteiger partial charge in [0.25, 0.3) is 10.0 Å². The van der Waals surface area contributed by atoms with Crippen LogP contribution >= 0.6 is 11.6 Å². The SMILES string of the molecule is CCn1nc(C)c(S(=O)(=O)Nc2c(O)cccc2Cl)c1C. The maximum Gasteiger partial charge on any atom is 0.265 e. The predicted octanol–water partition coefficient (Wildman–Crippen LogP) is 2.68. The Labute approximate surface area is 128 Å². The average Bonchev–Trinajstić information content (AvgIpc) is 2.69. The normalized spacial score (nSPS) is 11.6. The number of anilines is 1. The molecule has 0 aliphatic heterocycles. The molecule has 0 bridgehead atoms. The van der Waals surface area contributed by atoms with Crippen LogP contribution in [-0.4, -0.2) is 23.3 Å². The van der Waals surface area contributed by atoms with Crippen LogP contribution in [0.5, 0.6) is 5.75 Å². The van der Waals surface area contributed by atoms with Gasteiger partial charge in [0.15, 0.2) is 0 Å². The van der Waals surface area contributed by atoms with E-state index in [1.807, 2.05) is 6.92 Å². The monoisotopic (exact) mass is 329 g/mol. The number of nitrogens with one attached hydrogen (secondary N) is 1. The van der Waals surface area contributed by atoms with E-state index in [1.165, 1.54) is 18.2 Å². The second-order valence-corrected chi connectivity index (χ2v) is 6.58. The minimum atomic E-state index is -3.89. The number of phenolic OH excluding ortho intramolecular Hbond substituents is 1. The molecule has 2 rings (SSSR count). The number of benzene rings is 1. The van der Waals surface area contributed by atoms with Gasteiger partial charge < -0.3 is 5.11 Å². The molecule has 0 radical (unpaired) electrons. The summed E-state index contributed by atoms with van der Waals surface area (Å²) in [5, 5.41) is 14.1. The molecule has 0 spiro atoms. The van der Waals surface area contributed by atoms with Gasteiger partial charge in [0, 0.05) is 6.54 Å². The summed E-state index contributed by atoms with van der Waals surface area (Å²) in [4.78, 5) is 0.101. The predicted molar refractivity (Wildman–Crippen MR) is 81.3 cm³/mol. The lowest BCUT2D eigenvalue weighted by atomic mass is 10.3. The van der Waals surface area contributed by atoms with Crippen molar-refractivity contribution in [2.24, 2.45) is 0 Å². The summed E-state index contributed by atoms with van der Waals surface area (Å²) in [7, 11) is -3.89. The minimum absolute atomic E-state index is 0.0396. The molecule has 0 atom stereocenters. The van der Waals surface area contributed by atoms with Gasteiger partial charge >= 0.3 is 0 Å². The summed E-state index contributed by atoms with van der Waals surface area (Å²) in [6.45, 7) is 5.76. The highest BCUT2D eigenvalue weighted by Gasteiger charge is 2.26. The third kappa shape index (κ3) is 2.84. The van der Waals surface area contributed by atoms with E-state index >= 15 is 0 Å². The topological polar surface area (TPSA) is 84.2 Å². The quantitative estimate of drug-likeness (QED) is 0.845. The van der Waals surface area contributed by atoms with Crippen LogP contribution in [0.25, 0.3) is 0 Å². The van der Waals surface area contributed by atoms with Crippen LogP contribution < -0.4 is 4.72 Å². The summed E-state index contributed by atoms with van der Waals surface area (Å²) in [6.07, 6.45) is 0. The minimum Gasteiger partial charge on any atom is -0.506 e. The Morgan fingerprint density at radius 2 is 2.05 bits per heavy atom. The molecule has 2 N–H and O–H groups in total. The van der Waals surface area contributed by atoms with Gasteiger partial charge in [0.05, 0.1) is 16.4 Å². The number of phenols is 1.